The predicted octanol–water partition coefficient (Wildman–Crippen LogP) is 3.36. The molecular formula is C14H18O2. The number of hydrogen-bond donors (Lipinski definition) is 1. The summed E-state index contributed by atoms with van der Waals surface area (Å²) < 4.78 is 0. The molecule has 0 radical (unpaired) electrons. The van der Waals surface area contributed by atoms with Crippen LogP contribution in [-0.4, -0.2) is 11.1 Å². The Kier molecular flexibility index (Phi) is 3.88. The molecule has 1 aromatic carbocycles. The molecule has 0 aliphatic heterocycles. The van der Waals surface area contributed by atoms with E-state index in [0.29, 0.717) is 6.42 Å². The summed E-state index contributed by atoms with van der Waals surface area (Å²) in [5.74, 6) is -1.26. The first-order chi connectivity index (χ1) is 7.47. The normalized spacial score (nSPS) is 12.2. The Hall–Kier alpha value is -1.57. The number of aliphatic carboxylic acids is 1. The van der Waals surface area contributed by atoms with Gasteiger partial charge in [0.05, 0.1) is 5.92 Å². The minimum atomic E-state index is -0.786. The molecule has 2 heteroatoms. The van der Waals surface area contributed by atoms with Gasteiger partial charge < -0.3 is 5.11 Å². The fourth-order valence-electron chi connectivity index (χ4n) is 1.89. The van der Waals surface area contributed by atoms with Crippen LogP contribution in [0.2, 0.25) is 0 Å². The SMILES string of the molecule is C=CCC(C(=O)O)c1cc(C)c(C)cc1C. The Bertz CT molecular complexity index is 419. The minimum absolute atomic E-state index is 0.471. The molecule has 86 valence electrons. The number of hydrogen-bond acceptors (Lipinski definition) is 1. The number of aryl methyl sites for hydroxylation is 3. The van der Waals surface area contributed by atoms with E-state index in [1.807, 2.05) is 32.9 Å². The summed E-state index contributed by atoms with van der Waals surface area (Å²) in [7, 11) is 0. The van der Waals surface area contributed by atoms with E-state index in [4.69, 9.17) is 0 Å². The van der Waals surface area contributed by atoms with Crippen molar-refractivity contribution in [1.29, 1.82) is 0 Å². The van der Waals surface area contributed by atoms with Crippen molar-refractivity contribution in [3.63, 3.8) is 0 Å². The standard InChI is InChI=1S/C14H18O2/c1-5-6-12(14(15)16)13-8-10(3)9(2)7-11(13)4/h5,7-8,12H,1,6H2,2-4H3,(H,15,16). The van der Waals surface area contributed by atoms with Crippen LogP contribution >= 0.6 is 0 Å². The number of allylic oxidation sites excluding steroid dienone is 1. The first kappa shape index (κ1) is 12.5. The highest BCUT2D eigenvalue weighted by Crippen LogP contribution is 2.26. The van der Waals surface area contributed by atoms with Gasteiger partial charge in [-0.2, -0.15) is 0 Å². The lowest BCUT2D eigenvalue weighted by Gasteiger charge is -2.15. The minimum Gasteiger partial charge on any atom is -0.481 e. The number of rotatable bonds is 4. The highest BCUT2D eigenvalue weighted by molar-refractivity contribution is 5.77. The predicted molar refractivity (Wildman–Crippen MR) is 65.8 cm³/mol. The summed E-state index contributed by atoms with van der Waals surface area (Å²) in [6, 6.07) is 4.02. The van der Waals surface area contributed by atoms with Crippen LogP contribution in [0.3, 0.4) is 0 Å². The van der Waals surface area contributed by atoms with Gasteiger partial charge in [-0.15, -0.1) is 6.58 Å². The molecule has 0 aliphatic carbocycles. The van der Waals surface area contributed by atoms with Crippen LogP contribution in [0.5, 0.6) is 0 Å². The van der Waals surface area contributed by atoms with E-state index in [0.717, 1.165) is 16.7 Å². The van der Waals surface area contributed by atoms with E-state index in [1.165, 1.54) is 5.56 Å². The zero-order chi connectivity index (χ0) is 12.3. The van der Waals surface area contributed by atoms with Crippen molar-refractivity contribution in [2.75, 3.05) is 0 Å². The van der Waals surface area contributed by atoms with Gasteiger partial charge in [0.1, 0.15) is 0 Å². The molecule has 0 amide bonds. The van der Waals surface area contributed by atoms with Gasteiger partial charge in [-0.25, -0.2) is 0 Å². The fraction of sp³-hybridized carbons (Fsp3) is 0.357. The quantitative estimate of drug-likeness (QED) is 0.787. The molecule has 0 aliphatic rings. The molecule has 0 fully saturated rings. The van der Waals surface area contributed by atoms with Gasteiger partial charge >= 0.3 is 5.97 Å². The third kappa shape index (κ3) is 2.51. The third-order valence-corrected chi connectivity index (χ3v) is 2.96. The molecule has 1 atom stereocenters. The zero-order valence-electron chi connectivity index (χ0n) is 10.1. The number of carboxylic acid groups (broad SMARTS) is 1. The van der Waals surface area contributed by atoms with Crippen molar-refractivity contribution in [2.45, 2.75) is 33.1 Å². The maximum absolute atomic E-state index is 11.2. The average molecular weight is 218 g/mol. The number of carbonyl (C=O) groups is 1. The smallest absolute Gasteiger partial charge is 0.311 e. The maximum Gasteiger partial charge on any atom is 0.311 e. The van der Waals surface area contributed by atoms with Gasteiger partial charge in [-0.3, -0.25) is 4.79 Å². The molecule has 16 heavy (non-hydrogen) atoms. The van der Waals surface area contributed by atoms with E-state index < -0.39 is 11.9 Å². The molecule has 0 heterocycles. The van der Waals surface area contributed by atoms with Gasteiger partial charge in [0.2, 0.25) is 0 Å². The van der Waals surface area contributed by atoms with Crippen LogP contribution in [0.4, 0.5) is 0 Å². The molecule has 1 rings (SSSR count). The first-order valence-electron chi connectivity index (χ1n) is 5.38. The van der Waals surface area contributed by atoms with Crippen LogP contribution in [0.1, 0.15) is 34.6 Å². The molecule has 0 bridgehead atoms. The van der Waals surface area contributed by atoms with Crippen molar-refractivity contribution >= 4 is 5.97 Å². The van der Waals surface area contributed by atoms with Crippen molar-refractivity contribution < 1.29 is 9.90 Å². The maximum atomic E-state index is 11.2. The van der Waals surface area contributed by atoms with Crippen molar-refractivity contribution in [2.24, 2.45) is 0 Å². The van der Waals surface area contributed by atoms with Crippen LogP contribution in [0.15, 0.2) is 24.8 Å². The lowest BCUT2D eigenvalue weighted by Crippen LogP contribution is -2.12. The van der Waals surface area contributed by atoms with Crippen molar-refractivity contribution in [3.05, 3.63) is 47.0 Å². The molecule has 0 aromatic heterocycles. The summed E-state index contributed by atoms with van der Waals surface area (Å²) in [5, 5.41) is 9.19. The Balaban J connectivity index is 3.23. The molecule has 0 saturated carbocycles. The molecule has 0 spiro atoms. The Labute approximate surface area is 96.6 Å². The van der Waals surface area contributed by atoms with Gasteiger partial charge in [-0.1, -0.05) is 18.2 Å². The second-order valence-corrected chi connectivity index (χ2v) is 4.21. The molecule has 1 unspecified atom stereocenters. The van der Waals surface area contributed by atoms with Crippen LogP contribution in [0, 0.1) is 20.8 Å². The molecular weight excluding hydrogens is 200 g/mol. The Morgan fingerprint density at radius 3 is 2.38 bits per heavy atom. The third-order valence-electron chi connectivity index (χ3n) is 2.96. The van der Waals surface area contributed by atoms with Crippen LogP contribution < -0.4 is 0 Å². The van der Waals surface area contributed by atoms with Crippen molar-refractivity contribution in [1.82, 2.24) is 0 Å². The van der Waals surface area contributed by atoms with Gasteiger partial charge in [-0.05, 0) is 49.4 Å². The second kappa shape index (κ2) is 4.97. The first-order valence-corrected chi connectivity index (χ1v) is 5.38. The summed E-state index contributed by atoms with van der Waals surface area (Å²) in [4.78, 5) is 11.2. The van der Waals surface area contributed by atoms with E-state index in [1.54, 1.807) is 6.08 Å². The highest BCUT2D eigenvalue weighted by atomic mass is 16.4. The highest BCUT2D eigenvalue weighted by Gasteiger charge is 2.20. The summed E-state index contributed by atoms with van der Waals surface area (Å²) in [6.07, 6.45) is 2.13. The number of carboxylic acids is 1. The van der Waals surface area contributed by atoms with E-state index >= 15 is 0 Å². The van der Waals surface area contributed by atoms with Crippen LogP contribution in [0.25, 0.3) is 0 Å². The number of benzene rings is 1. The van der Waals surface area contributed by atoms with Crippen molar-refractivity contribution in [3.8, 4) is 0 Å². The van der Waals surface area contributed by atoms with Crippen LogP contribution in [-0.2, 0) is 4.79 Å². The van der Waals surface area contributed by atoms with Gasteiger partial charge in [0, 0.05) is 0 Å². The lowest BCUT2D eigenvalue weighted by atomic mass is 9.89. The Morgan fingerprint density at radius 1 is 1.31 bits per heavy atom. The molecule has 0 saturated heterocycles. The van der Waals surface area contributed by atoms with Gasteiger partial charge in [0.15, 0.2) is 0 Å². The van der Waals surface area contributed by atoms with E-state index in [9.17, 15) is 9.90 Å². The fourth-order valence-corrected chi connectivity index (χ4v) is 1.89. The average Bonchev–Trinajstić information content (AvgIpc) is 2.20. The topological polar surface area (TPSA) is 37.3 Å². The van der Waals surface area contributed by atoms with E-state index in [2.05, 4.69) is 6.58 Å². The second-order valence-electron chi connectivity index (χ2n) is 4.21. The van der Waals surface area contributed by atoms with E-state index in [-0.39, 0.29) is 0 Å². The Morgan fingerprint density at radius 2 is 1.88 bits per heavy atom. The molecule has 2 nitrogen and oxygen atoms in total. The largest absolute Gasteiger partial charge is 0.481 e. The lowest BCUT2D eigenvalue weighted by molar-refractivity contribution is -0.138. The summed E-state index contributed by atoms with van der Waals surface area (Å²) in [6.45, 7) is 9.62. The monoisotopic (exact) mass is 218 g/mol. The molecule has 1 N–H and O–H groups in total. The van der Waals surface area contributed by atoms with Gasteiger partial charge in [0.25, 0.3) is 0 Å². The summed E-state index contributed by atoms with van der Waals surface area (Å²) >= 11 is 0. The zero-order valence-corrected chi connectivity index (χ0v) is 10.1. The molecule has 1 aromatic rings. The summed E-state index contributed by atoms with van der Waals surface area (Å²) in [5.41, 5.74) is 4.27.